The summed E-state index contributed by atoms with van der Waals surface area (Å²) in [5.41, 5.74) is 2.82. The van der Waals surface area contributed by atoms with Gasteiger partial charge < -0.3 is 0 Å². The van der Waals surface area contributed by atoms with Crippen molar-refractivity contribution in [2.45, 2.75) is 19.4 Å². The normalized spacial score (nSPS) is 10.8. The van der Waals surface area contributed by atoms with Gasteiger partial charge in [0.15, 0.2) is 0 Å². The molecule has 110 valence electrons. The van der Waals surface area contributed by atoms with Gasteiger partial charge >= 0.3 is 0 Å². The van der Waals surface area contributed by atoms with Gasteiger partial charge in [-0.25, -0.2) is 0 Å². The number of aryl methyl sites for hydroxylation is 2. The summed E-state index contributed by atoms with van der Waals surface area (Å²) in [5.74, 6) is 0. The van der Waals surface area contributed by atoms with E-state index < -0.39 is 8.80 Å². The molecule has 0 spiro atoms. The van der Waals surface area contributed by atoms with Crippen LogP contribution in [-0.2, 0) is 6.42 Å². The molecule has 0 unspecified atom stereocenters. The molecule has 3 aromatic carbocycles. The standard InChI is InChI=1S/C21H22Si/c1-18-9-8-10-19(17-18)15-16-22(20-11-4-2-5-12-20)21-13-6-3-7-14-21/h2-14,17,22H,15-16H2,1H3. The van der Waals surface area contributed by atoms with E-state index in [1.54, 1.807) is 10.4 Å². The minimum Gasteiger partial charge on any atom is -0.0629 e. The molecule has 0 heterocycles. The second-order valence-corrected chi connectivity index (χ2v) is 8.92. The highest BCUT2D eigenvalue weighted by atomic mass is 28.3. The van der Waals surface area contributed by atoms with Crippen molar-refractivity contribution in [3.05, 3.63) is 96.1 Å². The second-order valence-electron chi connectivity index (χ2n) is 5.90. The first-order valence-electron chi connectivity index (χ1n) is 7.98. The van der Waals surface area contributed by atoms with Crippen LogP contribution >= 0.6 is 0 Å². The maximum Gasteiger partial charge on any atom is 0.103 e. The van der Waals surface area contributed by atoms with Crippen LogP contribution < -0.4 is 10.4 Å². The molecule has 0 aliphatic heterocycles. The zero-order valence-corrected chi connectivity index (χ0v) is 14.2. The minimum absolute atomic E-state index is 1.14. The Hall–Kier alpha value is -2.12. The topological polar surface area (TPSA) is 0 Å². The molecular formula is C21H22Si. The first kappa shape index (κ1) is 14.8. The molecule has 0 N–H and O–H groups in total. The van der Waals surface area contributed by atoms with Gasteiger partial charge in [-0.1, -0.05) is 101 Å². The van der Waals surface area contributed by atoms with E-state index in [0.29, 0.717) is 0 Å². The molecule has 0 amide bonds. The van der Waals surface area contributed by atoms with Gasteiger partial charge in [0.25, 0.3) is 0 Å². The molecule has 0 aliphatic rings. The average molecular weight is 302 g/mol. The lowest BCUT2D eigenvalue weighted by molar-refractivity contribution is 1.11. The Labute approximate surface area is 135 Å². The lowest BCUT2D eigenvalue weighted by Gasteiger charge is -2.16. The zero-order chi connectivity index (χ0) is 15.2. The number of hydrogen-bond donors (Lipinski definition) is 0. The maximum absolute atomic E-state index is 2.32. The SMILES string of the molecule is Cc1cccc(CC[SiH](c2ccccc2)c2ccccc2)c1. The maximum atomic E-state index is 2.32. The molecule has 1 heteroatoms. The Kier molecular flexibility index (Phi) is 4.87. The van der Waals surface area contributed by atoms with E-state index in [4.69, 9.17) is 0 Å². The zero-order valence-electron chi connectivity index (χ0n) is 13.1. The van der Waals surface area contributed by atoms with Gasteiger partial charge in [0.1, 0.15) is 8.80 Å². The predicted octanol–water partition coefficient (Wildman–Crippen LogP) is 3.58. The fraction of sp³-hybridized carbons (Fsp3) is 0.143. The lowest BCUT2D eigenvalue weighted by atomic mass is 10.1. The summed E-state index contributed by atoms with van der Waals surface area (Å²) >= 11 is 0. The van der Waals surface area contributed by atoms with Gasteiger partial charge in [0.2, 0.25) is 0 Å². The van der Waals surface area contributed by atoms with Crippen molar-refractivity contribution in [2.75, 3.05) is 0 Å². The highest BCUT2D eigenvalue weighted by Crippen LogP contribution is 2.09. The van der Waals surface area contributed by atoms with E-state index in [9.17, 15) is 0 Å². The van der Waals surface area contributed by atoms with Crippen LogP contribution in [0.5, 0.6) is 0 Å². The van der Waals surface area contributed by atoms with Crippen molar-refractivity contribution in [2.24, 2.45) is 0 Å². The van der Waals surface area contributed by atoms with Gasteiger partial charge in [-0.3, -0.25) is 0 Å². The quantitative estimate of drug-likeness (QED) is 0.632. The fourth-order valence-corrected chi connectivity index (χ4v) is 6.12. The van der Waals surface area contributed by atoms with Crippen molar-refractivity contribution in [3.63, 3.8) is 0 Å². The Morgan fingerprint density at radius 2 is 1.27 bits per heavy atom. The van der Waals surface area contributed by atoms with Gasteiger partial charge in [-0.05, 0) is 25.0 Å². The molecule has 22 heavy (non-hydrogen) atoms. The highest BCUT2D eigenvalue weighted by molar-refractivity contribution is 6.85. The first-order chi connectivity index (χ1) is 10.8. The van der Waals surface area contributed by atoms with Gasteiger partial charge in [-0.15, -0.1) is 0 Å². The lowest BCUT2D eigenvalue weighted by Crippen LogP contribution is -2.42. The van der Waals surface area contributed by atoms with Crippen LogP contribution in [0.15, 0.2) is 84.9 Å². The van der Waals surface area contributed by atoms with Crippen molar-refractivity contribution < 1.29 is 0 Å². The van der Waals surface area contributed by atoms with Crippen molar-refractivity contribution in [1.29, 1.82) is 0 Å². The molecule has 0 saturated carbocycles. The van der Waals surface area contributed by atoms with Crippen LogP contribution in [0.25, 0.3) is 0 Å². The number of rotatable bonds is 5. The molecule has 0 saturated heterocycles. The molecule has 0 atom stereocenters. The third-order valence-electron chi connectivity index (χ3n) is 4.21. The van der Waals surface area contributed by atoms with E-state index in [1.807, 2.05) is 0 Å². The Balaban J connectivity index is 1.83. The smallest absolute Gasteiger partial charge is 0.0629 e. The van der Waals surface area contributed by atoms with Crippen LogP contribution in [0.1, 0.15) is 11.1 Å². The van der Waals surface area contributed by atoms with Crippen molar-refractivity contribution in [3.8, 4) is 0 Å². The molecule has 0 nitrogen and oxygen atoms in total. The summed E-state index contributed by atoms with van der Waals surface area (Å²) in [4.78, 5) is 0. The Morgan fingerprint density at radius 3 is 1.82 bits per heavy atom. The molecule has 3 rings (SSSR count). The van der Waals surface area contributed by atoms with Gasteiger partial charge in [-0.2, -0.15) is 0 Å². The molecule has 0 bridgehead atoms. The third kappa shape index (κ3) is 3.74. The van der Waals surface area contributed by atoms with E-state index in [-0.39, 0.29) is 0 Å². The Morgan fingerprint density at radius 1 is 0.682 bits per heavy atom. The third-order valence-corrected chi connectivity index (χ3v) is 7.45. The molecule has 3 aromatic rings. The summed E-state index contributed by atoms with van der Waals surface area (Å²) in [6.07, 6.45) is 1.17. The van der Waals surface area contributed by atoms with Gasteiger partial charge in [0.05, 0.1) is 0 Å². The van der Waals surface area contributed by atoms with Crippen LogP contribution in [-0.4, -0.2) is 8.80 Å². The van der Waals surface area contributed by atoms with Crippen molar-refractivity contribution in [1.82, 2.24) is 0 Å². The summed E-state index contributed by atoms with van der Waals surface area (Å²) in [5, 5.41) is 3.09. The van der Waals surface area contributed by atoms with E-state index in [0.717, 1.165) is 0 Å². The predicted molar refractivity (Wildman–Crippen MR) is 99.0 cm³/mol. The summed E-state index contributed by atoms with van der Waals surface area (Å²) in [7, 11) is -1.14. The first-order valence-corrected chi connectivity index (χ1v) is 9.95. The molecule has 0 aromatic heterocycles. The second kappa shape index (κ2) is 7.23. The number of benzene rings is 3. The summed E-state index contributed by atoms with van der Waals surface area (Å²) in [6, 6.07) is 32.3. The monoisotopic (exact) mass is 302 g/mol. The van der Waals surface area contributed by atoms with E-state index in [2.05, 4.69) is 91.9 Å². The largest absolute Gasteiger partial charge is 0.103 e. The molecule has 0 fully saturated rings. The van der Waals surface area contributed by atoms with E-state index in [1.165, 1.54) is 23.6 Å². The van der Waals surface area contributed by atoms with Crippen LogP contribution in [0.3, 0.4) is 0 Å². The minimum atomic E-state index is -1.14. The highest BCUT2D eigenvalue weighted by Gasteiger charge is 2.15. The molecule has 0 radical (unpaired) electrons. The molecule has 0 aliphatic carbocycles. The van der Waals surface area contributed by atoms with Crippen molar-refractivity contribution >= 4 is 19.2 Å². The molecular weight excluding hydrogens is 280 g/mol. The summed E-state index contributed by atoms with van der Waals surface area (Å²) in [6.45, 7) is 2.17. The van der Waals surface area contributed by atoms with E-state index >= 15 is 0 Å². The van der Waals surface area contributed by atoms with Gasteiger partial charge in [0, 0.05) is 0 Å². The Bertz CT molecular complexity index is 665. The van der Waals surface area contributed by atoms with Crippen LogP contribution in [0.4, 0.5) is 0 Å². The average Bonchev–Trinajstić information content (AvgIpc) is 2.57. The summed E-state index contributed by atoms with van der Waals surface area (Å²) < 4.78 is 0. The van der Waals surface area contributed by atoms with Crippen LogP contribution in [0, 0.1) is 6.92 Å². The number of hydrogen-bond acceptors (Lipinski definition) is 0. The fourth-order valence-electron chi connectivity index (χ4n) is 3.08. The van der Waals surface area contributed by atoms with Crippen LogP contribution in [0.2, 0.25) is 6.04 Å².